The van der Waals surface area contributed by atoms with Crippen molar-refractivity contribution in [2.75, 3.05) is 26.2 Å². The van der Waals surface area contributed by atoms with E-state index in [4.69, 9.17) is 16.3 Å². The first-order valence-electron chi connectivity index (χ1n) is 15.2. The molecule has 5 nitrogen and oxygen atoms in total. The monoisotopic (exact) mass is 591 g/mol. The van der Waals surface area contributed by atoms with E-state index in [1.807, 2.05) is 36.4 Å². The van der Waals surface area contributed by atoms with Gasteiger partial charge in [-0.05, 0) is 92.0 Å². The fourth-order valence-electron chi connectivity index (χ4n) is 6.03. The predicted molar refractivity (Wildman–Crippen MR) is 175 cm³/mol. The van der Waals surface area contributed by atoms with Gasteiger partial charge < -0.3 is 19.5 Å². The fourth-order valence-corrected chi connectivity index (χ4v) is 6.16. The Balaban J connectivity index is 1.32. The van der Waals surface area contributed by atoms with Crippen molar-refractivity contribution in [3.63, 3.8) is 0 Å². The van der Waals surface area contributed by atoms with Crippen molar-refractivity contribution < 1.29 is 9.53 Å². The average molecular weight is 592 g/mol. The highest BCUT2D eigenvalue weighted by atomic mass is 35.5. The molecule has 1 aromatic heterocycles. The molecule has 1 N–H and O–H groups in total. The Hall–Kier alpha value is -4.06. The summed E-state index contributed by atoms with van der Waals surface area (Å²) in [6, 6.07) is 32.7. The van der Waals surface area contributed by atoms with Crippen LogP contribution in [0.1, 0.15) is 47.4 Å². The lowest BCUT2D eigenvalue weighted by atomic mass is 9.88. The molecule has 4 aromatic carbocycles. The Bertz CT molecular complexity index is 1670. The highest BCUT2D eigenvalue weighted by molar-refractivity contribution is 6.30. The fraction of sp³-hybridized carbons (Fsp3) is 0.270. The van der Waals surface area contributed by atoms with E-state index in [1.54, 1.807) is 0 Å². The average Bonchev–Trinajstić information content (AvgIpc) is 3.67. The van der Waals surface area contributed by atoms with Crippen LogP contribution in [0.25, 0.3) is 10.9 Å². The molecule has 43 heavy (non-hydrogen) atoms. The summed E-state index contributed by atoms with van der Waals surface area (Å²) in [5, 5.41) is 5.03. The molecule has 2 heterocycles. The normalized spacial score (nSPS) is 14.2. The number of hydrogen-bond donors (Lipinski definition) is 1. The number of likely N-dealkylation sites (tertiary alicyclic amines) is 1. The summed E-state index contributed by atoms with van der Waals surface area (Å²) in [6.07, 6.45) is 5.08. The molecule has 1 atom stereocenters. The number of amides is 1. The zero-order valence-corrected chi connectivity index (χ0v) is 25.4. The van der Waals surface area contributed by atoms with Crippen LogP contribution in [0.15, 0.2) is 103 Å². The Morgan fingerprint density at radius 3 is 2.47 bits per heavy atom. The molecule has 0 saturated carbocycles. The SMILES string of the molecule is Cc1ccc(Cn2cc(C(CC(=O)NCCN3CCCC3)c3cccc(Oc4ccc(Cl)cc4)c3)c3ccccc32)cc1. The number of rotatable bonds is 11. The quantitative estimate of drug-likeness (QED) is 0.168. The van der Waals surface area contributed by atoms with Crippen LogP contribution in [0.3, 0.4) is 0 Å². The Labute approximate surface area is 259 Å². The molecule has 1 amide bonds. The highest BCUT2D eigenvalue weighted by Crippen LogP contribution is 2.37. The number of para-hydroxylation sites is 1. The molecule has 1 unspecified atom stereocenters. The second-order valence-corrected chi connectivity index (χ2v) is 11.9. The van der Waals surface area contributed by atoms with Crippen molar-refractivity contribution >= 4 is 28.4 Å². The van der Waals surface area contributed by atoms with E-state index in [1.165, 1.54) is 24.0 Å². The van der Waals surface area contributed by atoms with Gasteiger partial charge in [-0.25, -0.2) is 0 Å². The third-order valence-corrected chi connectivity index (χ3v) is 8.57. The zero-order chi connectivity index (χ0) is 29.6. The summed E-state index contributed by atoms with van der Waals surface area (Å²) in [7, 11) is 0. The van der Waals surface area contributed by atoms with Crippen LogP contribution >= 0.6 is 11.6 Å². The van der Waals surface area contributed by atoms with Crippen molar-refractivity contribution in [2.45, 2.75) is 38.6 Å². The number of carbonyl (C=O) groups excluding carboxylic acids is 1. The Morgan fingerprint density at radius 1 is 0.907 bits per heavy atom. The van der Waals surface area contributed by atoms with Crippen LogP contribution in [0.2, 0.25) is 5.02 Å². The number of carbonyl (C=O) groups is 1. The molecule has 5 aromatic rings. The smallest absolute Gasteiger partial charge is 0.220 e. The van der Waals surface area contributed by atoms with Crippen molar-refractivity contribution in [1.29, 1.82) is 0 Å². The minimum absolute atomic E-state index is 0.0589. The molecular formula is C37H38ClN3O2. The second kappa shape index (κ2) is 13.5. The van der Waals surface area contributed by atoms with E-state index in [0.29, 0.717) is 23.7 Å². The van der Waals surface area contributed by atoms with E-state index in [9.17, 15) is 4.79 Å². The summed E-state index contributed by atoms with van der Waals surface area (Å²) in [5.74, 6) is 1.35. The van der Waals surface area contributed by atoms with Gasteiger partial charge in [-0.1, -0.05) is 71.8 Å². The Morgan fingerprint density at radius 2 is 1.67 bits per heavy atom. The van der Waals surface area contributed by atoms with Crippen molar-refractivity contribution in [2.24, 2.45) is 0 Å². The molecule has 1 fully saturated rings. The number of benzene rings is 4. The maximum absolute atomic E-state index is 13.5. The first-order chi connectivity index (χ1) is 21.0. The third-order valence-electron chi connectivity index (χ3n) is 8.32. The van der Waals surface area contributed by atoms with Gasteiger partial charge in [-0.2, -0.15) is 0 Å². The molecule has 0 radical (unpaired) electrons. The van der Waals surface area contributed by atoms with Crippen molar-refractivity contribution in [3.8, 4) is 11.5 Å². The van der Waals surface area contributed by atoms with Gasteiger partial charge in [0.05, 0.1) is 0 Å². The lowest BCUT2D eigenvalue weighted by Gasteiger charge is -2.19. The largest absolute Gasteiger partial charge is 0.457 e. The maximum atomic E-state index is 13.5. The Kier molecular flexibility index (Phi) is 9.11. The first-order valence-corrected chi connectivity index (χ1v) is 15.6. The second-order valence-electron chi connectivity index (χ2n) is 11.5. The number of aromatic nitrogens is 1. The molecular weight excluding hydrogens is 554 g/mol. The molecule has 1 aliphatic heterocycles. The lowest BCUT2D eigenvalue weighted by molar-refractivity contribution is -0.121. The van der Waals surface area contributed by atoms with E-state index in [2.05, 4.69) is 88.6 Å². The topological polar surface area (TPSA) is 46.5 Å². The summed E-state index contributed by atoms with van der Waals surface area (Å²) in [5.41, 5.74) is 5.83. The van der Waals surface area contributed by atoms with Crippen LogP contribution < -0.4 is 10.1 Å². The van der Waals surface area contributed by atoms with Gasteiger partial charge in [-0.3, -0.25) is 4.79 Å². The van der Waals surface area contributed by atoms with E-state index >= 15 is 0 Å². The standard InChI is InChI=1S/C37H38ClN3O2/c1-27-11-13-28(14-12-27)25-41-26-35(33-9-2-3-10-36(33)41)34(24-37(42)39-19-22-40-20-4-5-21-40)29-7-6-8-32(23-29)43-31-17-15-30(38)16-18-31/h2-3,6-18,23,26,34H,4-5,19-22,24-25H2,1H3,(H,39,42). The van der Waals surface area contributed by atoms with Gasteiger partial charge in [0.15, 0.2) is 0 Å². The predicted octanol–water partition coefficient (Wildman–Crippen LogP) is 8.18. The molecule has 220 valence electrons. The van der Waals surface area contributed by atoms with Crippen LogP contribution in [-0.2, 0) is 11.3 Å². The molecule has 0 spiro atoms. The molecule has 1 saturated heterocycles. The molecule has 0 aliphatic carbocycles. The minimum atomic E-state index is -0.148. The van der Waals surface area contributed by atoms with Gasteiger partial charge in [-0.15, -0.1) is 0 Å². The van der Waals surface area contributed by atoms with Crippen molar-refractivity contribution in [3.05, 3.63) is 131 Å². The summed E-state index contributed by atoms with van der Waals surface area (Å²) < 4.78 is 8.51. The van der Waals surface area contributed by atoms with Crippen molar-refractivity contribution in [1.82, 2.24) is 14.8 Å². The first kappa shape index (κ1) is 29.0. The van der Waals surface area contributed by atoms with Gasteiger partial charge in [0.2, 0.25) is 5.91 Å². The number of nitrogens with zero attached hydrogens (tertiary/aromatic N) is 2. The molecule has 0 bridgehead atoms. The van der Waals surface area contributed by atoms with Gasteiger partial charge in [0.1, 0.15) is 11.5 Å². The number of fused-ring (bicyclic) bond motifs is 1. The lowest BCUT2D eigenvalue weighted by Crippen LogP contribution is -2.34. The van der Waals surface area contributed by atoms with Gasteiger partial charge in [0, 0.05) is 54.1 Å². The number of aryl methyl sites for hydroxylation is 1. The van der Waals surface area contributed by atoms with Crippen LogP contribution in [0.5, 0.6) is 11.5 Å². The van der Waals surface area contributed by atoms with Gasteiger partial charge >= 0.3 is 0 Å². The van der Waals surface area contributed by atoms with Crippen LogP contribution in [0, 0.1) is 6.92 Å². The van der Waals surface area contributed by atoms with Crippen LogP contribution in [-0.4, -0.2) is 41.6 Å². The minimum Gasteiger partial charge on any atom is -0.457 e. The number of ether oxygens (including phenoxy) is 1. The highest BCUT2D eigenvalue weighted by Gasteiger charge is 2.24. The third kappa shape index (κ3) is 7.30. The number of hydrogen-bond acceptors (Lipinski definition) is 3. The molecule has 6 heteroatoms. The summed E-state index contributed by atoms with van der Waals surface area (Å²) in [4.78, 5) is 15.9. The maximum Gasteiger partial charge on any atom is 0.220 e. The summed E-state index contributed by atoms with van der Waals surface area (Å²) in [6.45, 7) is 6.68. The molecule has 6 rings (SSSR count). The zero-order valence-electron chi connectivity index (χ0n) is 24.6. The van der Waals surface area contributed by atoms with E-state index < -0.39 is 0 Å². The number of halogens is 1. The van der Waals surface area contributed by atoms with Gasteiger partial charge in [0.25, 0.3) is 0 Å². The van der Waals surface area contributed by atoms with Crippen LogP contribution in [0.4, 0.5) is 0 Å². The van der Waals surface area contributed by atoms with E-state index in [-0.39, 0.29) is 11.8 Å². The summed E-state index contributed by atoms with van der Waals surface area (Å²) >= 11 is 6.08. The van der Waals surface area contributed by atoms with E-state index in [0.717, 1.165) is 54.0 Å². The number of nitrogens with one attached hydrogen (secondary N) is 1. The molecule has 1 aliphatic rings.